The highest BCUT2D eigenvalue weighted by Gasteiger charge is 2.38. The van der Waals surface area contributed by atoms with Gasteiger partial charge in [0.15, 0.2) is 0 Å². The minimum absolute atomic E-state index is 0.0454. The maximum atomic E-state index is 12.9. The number of amides is 2. The van der Waals surface area contributed by atoms with Crippen LogP contribution in [-0.4, -0.2) is 62.0 Å². The van der Waals surface area contributed by atoms with Crippen molar-refractivity contribution in [2.75, 3.05) is 24.4 Å². The van der Waals surface area contributed by atoms with Crippen molar-refractivity contribution in [3.05, 3.63) is 59.2 Å². The number of hydrogen-bond acceptors (Lipinski definition) is 5. The summed E-state index contributed by atoms with van der Waals surface area (Å²) in [5, 5.41) is 10.1. The number of piperidine rings is 1. The molecule has 1 heterocycles. The Morgan fingerprint density at radius 2 is 1.56 bits per heavy atom. The number of fused-ring (bicyclic) bond motifs is 1. The van der Waals surface area contributed by atoms with Gasteiger partial charge in [-0.15, -0.1) is 0 Å². The first-order chi connectivity index (χ1) is 19.3. The molecule has 41 heavy (non-hydrogen) atoms. The lowest BCUT2D eigenvalue weighted by Crippen LogP contribution is -2.43. The summed E-state index contributed by atoms with van der Waals surface area (Å²) in [5.41, 5.74) is 3.27. The molecule has 9 nitrogen and oxygen atoms in total. The molecule has 1 saturated heterocycles. The number of carbonyl (C=O) groups is 3. The van der Waals surface area contributed by atoms with Crippen molar-refractivity contribution in [2.45, 2.75) is 62.9 Å². The number of likely N-dealkylation sites (tertiary alicyclic amines) is 1. The summed E-state index contributed by atoms with van der Waals surface area (Å²) in [6.45, 7) is 3.78. The van der Waals surface area contributed by atoms with Crippen LogP contribution in [0.1, 0.15) is 60.5 Å². The van der Waals surface area contributed by atoms with Crippen molar-refractivity contribution < 1.29 is 41.1 Å². The summed E-state index contributed by atoms with van der Waals surface area (Å²) < 4.78 is 60.1. The van der Waals surface area contributed by atoms with Crippen LogP contribution in [0.15, 0.2) is 47.4 Å². The lowest BCUT2D eigenvalue weighted by molar-refractivity contribution is -0.192. The number of carboxylic acid groups (broad SMARTS) is 1. The van der Waals surface area contributed by atoms with Crippen LogP contribution < -0.4 is 10.0 Å². The number of carboxylic acids is 1. The molecule has 2 aromatic carbocycles. The fraction of sp³-hybridized carbons (Fsp3) is 0.464. The number of aryl methyl sites for hydroxylation is 2. The number of halogens is 3. The Bertz CT molecular complexity index is 1340. The van der Waals surface area contributed by atoms with Gasteiger partial charge < -0.3 is 15.3 Å². The number of carbonyl (C=O) groups excluding carboxylic acids is 2. The zero-order chi connectivity index (χ0) is 30.2. The molecule has 224 valence electrons. The highest BCUT2D eigenvalue weighted by Crippen LogP contribution is 2.26. The van der Waals surface area contributed by atoms with Crippen molar-refractivity contribution in [1.82, 2.24) is 10.2 Å². The Hall–Kier alpha value is -3.61. The summed E-state index contributed by atoms with van der Waals surface area (Å²) in [7, 11) is -3.70. The van der Waals surface area contributed by atoms with Gasteiger partial charge in [0.05, 0.1) is 4.90 Å². The zero-order valence-electron chi connectivity index (χ0n) is 22.7. The maximum absolute atomic E-state index is 12.9. The van der Waals surface area contributed by atoms with Crippen LogP contribution in [-0.2, 0) is 32.5 Å². The third kappa shape index (κ3) is 8.94. The van der Waals surface area contributed by atoms with Gasteiger partial charge in [0, 0.05) is 36.8 Å². The second-order valence-electron chi connectivity index (χ2n) is 9.98. The Morgan fingerprint density at radius 3 is 2.12 bits per heavy atom. The molecule has 13 heteroatoms. The Kier molecular flexibility index (Phi) is 10.8. The molecule has 4 rings (SSSR count). The summed E-state index contributed by atoms with van der Waals surface area (Å²) in [6.07, 6.45) is 1.28. The molecular weight excluding hydrogens is 563 g/mol. The van der Waals surface area contributed by atoms with Crippen molar-refractivity contribution in [2.24, 2.45) is 5.92 Å². The zero-order valence-corrected chi connectivity index (χ0v) is 23.5. The van der Waals surface area contributed by atoms with Crippen LogP contribution in [0.2, 0.25) is 0 Å². The molecule has 1 fully saturated rings. The fourth-order valence-corrected chi connectivity index (χ4v) is 5.80. The first kappa shape index (κ1) is 31.9. The lowest BCUT2D eigenvalue weighted by atomic mass is 9.92. The van der Waals surface area contributed by atoms with E-state index in [2.05, 4.69) is 10.0 Å². The molecule has 0 unspecified atom stereocenters. The lowest BCUT2D eigenvalue weighted by Gasteiger charge is -2.31. The number of nitrogens with one attached hydrogen (secondary N) is 2. The molecule has 0 bridgehead atoms. The molecule has 0 spiro atoms. The smallest absolute Gasteiger partial charge is 0.475 e. The van der Waals surface area contributed by atoms with Gasteiger partial charge in [-0.25, -0.2) is 13.2 Å². The van der Waals surface area contributed by atoms with E-state index in [4.69, 9.17) is 9.90 Å². The van der Waals surface area contributed by atoms with Crippen molar-refractivity contribution in [3.8, 4) is 0 Å². The van der Waals surface area contributed by atoms with Crippen LogP contribution in [0.5, 0.6) is 0 Å². The molecular formula is C28H34F3N3O6S. The second kappa shape index (κ2) is 13.8. The van der Waals surface area contributed by atoms with Crippen LogP contribution in [0.25, 0.3) is 0 Å². The standard InChI is InChI=1S/C26H33N3O4S.C2HF3O2/c1-2-15-27-25(30)20-13-16-29(17-14-20)26(31)21-7-10-23(11-8-21)28-34(32,33)24-12-9-19-5-3-4-6-22(19)18-24;3-2(4,5)1(6)7/h7-12,18,20,28H,2-6,13-17H2,1H3,(H,27,30);(H,6,7). The first-order valence-electron chi connectivity index (χ1n) is 13.4. The number of alkyl halides is 3. The molecule has 0 aromatic heterocycles. The van der Waals surface area contributed by atoms with Gasteiger partial charge >= 0.3 is 12.1 Å². The van der Waals surface area contributed by atoms with E-state index in [9.17, 15) is 31.2 Å². The molecule has 1 aliphatic carbocycles. The van der Waals surface area contributed by atoms with Crippen molar-refractivity contribution in [1.29, 1.82) is 0 Å². The van der Waals surface area contributed by atoms with E-state index in [1.807, 2.05) is 13.0 Å². The minimum Gasteiger partial charge on any atom is -0.475 e. The molecule has 2 aromatic rings. The van der Waals surface area contributed by atoms with E-state index in [1.165, 1.54) is 5.56 Å². The summed E-state index contributed by atoms with van der Waals surface area (Å²) in [4.78, 5) is 36.0. The molecule has 0 saturated carbocycles. The van der Waals surface area contributed by atoms with Gasteiger partial charge in [-0.1, -0.05) is 13.0 Å². The van der Waals surface area contributed by atoms with Gasteiger partial charge in [0.1, 0.15) is 0 Å². The van der Waals surface area contributed by atoms with Crippen LogP contribution in [0.3, 0.4) is 0 Å². The van der Waals surface area contributed by atoms with E-state index in [-0.39, 0.29) is 22.6 Å². The first-order valence-corrected chi connectivity index (χ1v) is 14.9. The van der Waals surface area contributed by atoms with E-state index >= 15 is 0 Å². The Labute approximate surface area is 237 Å². The maximum Gasteiger partial charge on any atom is 0.490 e. The topological polar surface area (TPSA) is 133 Å². The highest BCUT2D eigenvalue weighted by molar-refractivity contribution is 7.92. The van der Waals surface area contributed by atoms with E-state index in [1.54, 1.807) is 41.3 Å². The molecule has 3 N–H and O–H groups in total. The number of anilines is 1. The molecule has 1 aliphatic heterocycles. The third-order valence-electron chi connectivity index (χ3n) is 6.96. The normalized spacial score (nSPS) is 15.7. The number of aliphatic carboxylic acids is 1. The molecule has 2 amide bonds. The minimum atomic E-state index is -5.08. The van der Waals surface area contributed by atoms with Crippen LogP contribution in [0.4, 0.5) is 18.9 Å². The summed E-state index contributed by atoms with van der Waals surface area (Å²) in [5.74, 6) is -2.83. The van der Waals surface area contributed by atoms with Gasteiger partial charge in [-0.3, -0.25) is 14.3 Å². The van der Waals surface area contributed by atoms with E-state index in [0.717, 1.165) is 37.7 Å². The molecule has 0 radical (unpaired) electrons. The van der Waals surface area contributed by atoms with Crippen molar-refractivity contribution >= 4 is 33.5 Å². The molecule has 0 atom stereocenters. The van der Waals surface area contributed by atoms with Crippen LogP contribution >= 0.6 is 0 Å². The average molecular weight is 598 g/mol. The Balaban J connectivity index is 0.000000587. The van der Waals surface area contributed by atoms with Crippen LogP contribution in [0, 0.1) is 5.92 Å². The number of benzene rings is 2. The number of rotatable bonds is 7. The van der Waals surface area contributed by atoms with Crippen molar-refractivity contribution in [3.63, 3.8) is 0 Å². The Morgan fingerprint density at radius 1 is 0.976 bits per heavy atom. The predicted molar refractivity (Wildman–Crippen MR) is 146 cm³/mol. The quantitative estimate of drug-likeness (QED) is 0.434. The monoisotopic (exact) mass is 597 g/mol. The highest BCUT2D eigenvalue weighted by atomic mass is 32.2. The second-order valence-corrected chi connectivity index (χ2v) is 11.7. The fourth-order valence-electron chi connectivity index (χ4n) is 4.69. The van der Waals surface area contributed by atoms with Gasteiger partial charge in [0.25, 0.3) is 15.9 Å². The van der Waals surface area contributed by atoms with E-state index in [0.29, 0.717) is 43.7 Å². The van der Waals surface area contributed by atoms with Gasteiger partial charge in [0.2, 0.25) is 5.91 Å². The average Bonchev–Trinajstić information content (AvgIpc) is 2.95. The summed E-state index contributed by atoms with van der Waals surface area (Å²) in [6, 6.07) is 11.9. The largest absolute Gasteiger partial charge is 0.490 e. The number of sulfonamides is 1. The third-order valence-corrected chi connectivity index (χ3v) is 8.34. The van der Waals surface area contributed by atoms with E-state index < -0.39 is 22.2 Å². The SMILES string of the molecule is CCCNC(=O)C1CCN(C(=O)c2ccc(NS(=O)(=O)c3ccc4c(c3)CCCC4)cc2)CC1.O=C(O)C(F)(F)F. The van der Waals surface area contributed by atoms with Gasteiger partial charge in [-0.05, 0) is 92.5 Å². The summed E-state index contributed by atoms with van der Waals surface area (Å²) >= 11 is 0. The number of nitrogens with zero attached hydrogens (tertiary/aromatic N) is 1. The van der Waals surface area contributed by atoms with Gasteiger partial charge in [-0.2, -0.15) is 13.2 Å². The molecule has 2 aliphatic rings. The predicted octanol–water partition coefficient (Wildman–Crippen LogP) is 4.38. The number of hydrogen-bond donors (Lipinski definition) is 3.